The topological polar surface area (TPSA) is 70.7 Å². The van der Waals surface area contributed by atoms with Crippen LogP contribution in [0.4, 0.5) is 23.7 Å². The molecule has 10 heteroatoms. The minimum atomic E-state index is -4.42. The van der Waals surface area contributed by atoms with E-state index >= 15 is 0 Å². The van der Waals surface area contributed by atoms with Crippen LogP contribution >= 0.6 is 12.4 Å². The second-order valence-electron chi connectivity index (χ2n) is 8.58. The summed E-state index contributed by atoms with van der Waals surface area (Å²) in [5.74, 6) is 0.194. The molecule has 0 atom stereocenters. The van der Waals surface area contributed by atoms with Gasteiger partial charge in [0.1, 0.15) is 5.75 Å². The molecule has 0 aromatic heterocycles. The first-order chi connectivity index (χ1) is 17.2. The van der Waals surface area contributed by atoms with Crippen molar-refractivity contribution in [2.75, 3.05) is 25.0 Å². The van der Waals surface area contributed by atoms with E-state index < -0.39 is 17.8 Å². The fraction of sp³-hybridized carbons (Fsp3) is 0.259. The molecule has 3 aromatic rings. The zero-order valence-electron chi connectivity index (χ0n) is 20.1. The summed E-state index contributed by atoms with van der Waals surface area (Å²) in [6, 6.07) is 17.1. The van der Waals surface area contributed by atoms with Crippen molar-refractivity contribution in [2.45, 2.75) is 26.1 Å². The number of carbonyl (C=O) groups is 2. The number of rotatable bonds is 6. The Labute approximate surface area is 219 Å². The summed E-state index contributed by atoms with van der Waals surface area (Å²) < 4.78 is 44.2. The Hall–Kier alpha value is -3.56. The van der Waals surface area contributed by atoms with Crippen molar-refractivity contribution in [1.82, 2.24) is 10.2 Å². The summed E-state index contributed by atoms with van der Waals surface area (Å²) in [7, 11) is 0. The van der Waals surface area contributed by atoms with Crippen LogP contribution in [-0.2, 0) is 23.9 Å². The van der Waals surface area contributed by atoms with E-state index in [2.05, 4.69) is 15.5 Å². The minimum absolute atomic E-state index is 0. The number of hydrogen-bond donors (Lipinski definition) is 2. The lowest BCUT2D eigenvalue weighted by atomic mass is 9.99. The van der Waals surface area contributed by atoms with Crippen LogP contribution in [-0.4, -0.2) is 36.5 Å². The van der Waals surface area contributed by atoms with Gasteiger partial charge in [0, 0.05) is 44.4 Å². The second-order valence-corrected chi connectivity index (χ2v) is 8.58. The van der Waals surface area contributed by atoms with Gasteiger partial charge in [-0.1, -0.05) is 36.4 Å². The number of fused-ring (bicyclic) bond motifs is 1. The Morgan fingerprint density at radius 1 is 1.00 bits per heavy atom. The van der Waals surface area contributed by atoms with Gasteiger partial charge in [-0.25, -0.2) is 4.79 Å². The Kier molecular flexibility index (Phi) is 9.18. The Morgan fingerprint density at radius 3 is 2.43 bits per heavy atom. The third-order valence-corrected chi connectivity index (χ3v) is 5.96. The predicted octanol–water partition coefficient (Wildman–Crippen LogP) is 5.90. The zero-order chi connectivity index (χ0) is 25.7. The Bertz CT molecular complexity index is 1250. The minimum Gasteiger partial charge on any atom is -0.409 e. The maximum atomic E-state index is 12.9. The molecule has 0 radical (unpaired) electrons. The number of nitrogens with one attached hydrogen (secondary N) is 2. The van der Waals surface area contributed by atoms with Gasteiger partial charge in [0.2, 0.25) is 5.91 Å². The maximum Gasteiger partial charge on any atom is 0.417 e. The van der Waals surface area contributed by atoms with Crippen LogP contribution in [0.15, 0.2) is 66.7 Å². The van der Waals surface area contributed by atoms with Gasteiger partial charge < -0.3 is 10.1 Å². The molecule has 2 amide bonds. The molecule has 6 nitrogen and oxygen atoms in total. The highest BCUT2D eigenvalue weighted by Crippen LogP contribution is 2.34. The zero-order valence-corrected chi connectivity index (χ0v) is 20.9. The molecule has 0 saturated heterocycles. The highest BCUT2D eigenvalue weighted by atomic mass is 35.5. The van der Waals surface area contributed by atoms with Crippen molar-refractivity contribution < 1.29 is 27.5 Å². The van der Waals surface area contributed by atoms with Gasteiger partial charge >= 0.3 is 12.3 Å². The van der Waals surface area contributed by atoms with Gasteiger partial charge in [0.15, 0.2) is 0 Å². The first-order valence-electron chi connectivity index (χ1n) is 11.5. The molecule has 0 unspecified atom stereocenters. The largest absolute Gasteiger partial charge is 0.417 e. The third kappa shape index (κ3) is 7.47. The molecule has 3 aromatic carbocycles. The first-order valence-corrected chi connectivity index (χ1v) is 11.5. The van der Waals surface area contributed by atoms with E-state index in [0.29, 0.717) is 23.4 Å². The number of carbonyl (C=O) groups excluding carboxylic acids is 2. The highest BCUT2D eigenvalue weighted by molar-refractivity contribution is 5.88. The number of para-hydroxylation sites is 1. The molecule has 0 aliphatic carbocycles. The standard InChI is InChI=1S/C27H26F3N3O3.ClH/c1-18(34)31-13-15-33-14-12-20-16-23(11-8-21(20)17-33)32-26(35)36-25-5-3-2-4-24(25)19-6-9-22(10-7-19)27(28,29)30;/h2-11,16H,12-15,17H2,1H3,(H,31,34)(H,32,35);1H. The van der Waals surface area contributed by atoms with E-state index in [1.165, 1.54) is 19.1 Å². The van der Waals surface area contributed by atoms with Gasteiger partial charge in [-0.3, -0.25) is 15.0 Å². The van der Waals surface area contributed by atoms with Gasteiger partial charge in [-0.15, -0.1) is 12.4 Å². The van der Waals surface area contributed by atoms with E-state index in [1.807, 2.05) is 12.1 Å². The number of benzene rings is 3. The molecule has 37 heavy (non-hydrogen) atoms. The van der Waals surface area contributed by atoms with Crippen LogP contribution in [0.1, 0.15) is 23.6 Å². The van der Waals surface area contributed by atoms with Crippen LogP contribution in [0.2, 0.25) is 0 Å². The number of hydrogen-bond acceptors (Lipinski definition) is 4. The normalized spacial score (nSPS) is 13.2. The van der Waals surface area contributed by atoms with Crippen LogP contribution in [0.5, 0.6) is 5.75 Å². The number of alkyl halides is 3. The Balaban J connectivity index is 0.00000380. The number of nitrogens with zero attached hydrogens (tertiary/aromatic N) is 1. The molecule has 0 spiro atoms. The van der Waals surface area contributed by atoms with Gasteiger partial charge in [-0.2, -0.15) is 13.2 Å². The summed E-state index contributed by atoms with van der Waals surface area (Å²) in [4.78, 5) is 25.9. The van der Waals surface area contributed by atoms with E-state index in [4.69, 9.17) is 4.74 Å². The fourth-order valence-corrected chi connectivity index (χ4v) is 4.15. The third-order valence-electron chi connectivity index (χ3n) is 5.96. The molecule has 1 aliphatic heterocycles. The second kappa shape index (κ2) is 12.1. The van der Waals surface area contributed by atoms with Gasteiger partial charge in [0.25, 0.3) is 0 Å². The SMILES string of the molecule is CC(=O)NCCN1CCc2cc(NC(=O)Oc3ccccc3-c3ccc(C(F)(F)F)cc3)ccc2C1.Cl. The summed E-state index contributed by atoms with van der Waals surface area (Å²) in [6.07, 6.45) is -4.30. The molecule has 1 heterocycles. The van der Waals surface area contributed by atoms with Gasteiger partial charge in [-0.05, 0) is 53.4 Å². The number of halogens is 4. The van der Waals surface area contributed by atoms with Crippen LogP contribution in [0, 0.1) is 0 Å². The number of ether oxygens (including phenoxy) is 1. The quantitative estimate of drug-likeness (QED) is 0.414. The van der Waals surface area contributed by atoms with Crippen LogP contribution < -0.4 is 15.4 Å². The van der Waals surface area contributed by atoms with E-state index in [-0.39, 0.29) is 24.1 Å². The summed E-state index contributed by atoms with van der Waals surface area (Å²) >= 11 is 0. The van der Waals surface area contributed by atoms with Crippen molar-refractivity contribution in [3.8, 4) is 16.9 Å². The molecule has 0 saturated carbocycles. The molecule has 196 valence electrons. The lowest BCUT2D eigenvalue weighted by Gasteiger charge is -2.29. The Morgan fingerprint density at radius 2 is 1.73 bits per heavy atom. The van der Waals surface area contributed by atoms with Crippen molar-refractivity contribution in [3.05, 3.63) is 83.4 Å². The van der Waals surface area contributed by atoms with Crippen molar-refractivity contribution in [2.24, 2.45) is 0 Å². The monoisotopic (exact) mass is 533 g/mol. The van der Waals surface area contributed by atoms with Gasteiger partial charge in [0.05, 0.1) is 5.56 Å². The highest BCUT2D eigenvalue weighted by Gasteiger charge is 2.30. The van der Waals surface area contributed by atoms with Crippen LogP contribution in [0.25, 0.3) is 11.1 Å². The lowest BCUT2D eigenvalue weighted by Crippen LogP contribution is -2.37. The molecular weight excluding hydrogens is 507 g/mol. The summed E-state index contributed by atoms with van der Waals surface area (Å²) in [5.41, 5.74) is 3.15. The maximum absolute atomic E-state index is 12.9. The number of amides is 2. The lowest BCUT2D eigenvalue weighted by molar-refractivity contribution is -0.137. The molecule has 0 bridgehead atoms. The summed E-state index contributed by atoms with van der Waals surface area (Å²) in [5, 5.41) is 5.54. The van der Waals surface area contributed by atoms with E-state index in [1.54, 1.807) is 30.3 Å². The van der Waals surface area contributed by atoms with Crippen molar-refractivity contribution in [1.29, 1.82) is 0 Å². The van der Waals surface area contributed by atoms with E-state index in [0.717, 1.165) is 49.3 Å². The van der Waals surface area contributed by atoms with Crippen molar-refractivity contribution in [3.63, 3.8) is 0 Å². The predicted molar refractivity (Wildman–Crippen MR) is 138 cm³/mol. The molecule has 2 N–H and O–H groups in total. The summed E-state index contributed by atoms with van der Waals surface area (Å²) in [6.45, 7) is 4.48. The molecule has 4 rings (SSSR count). The van der Waals surface area contributed by atoms with Crippen LogP contribution in [0.3, 0.4) is 0 Å². The number of anilines is 1. The fourth-order valence-electron chi connectivity index (χ4n) is 4.15. The molecular formula is C27H27ClF3N3O3. The first kappa shape index (κ1) is 28.0. The molecule has 0 fully saturated rings. The average molecular weight is 534 g/mol. The van der Waals surface area contributed by atoms with Crippen molar-refractivity contribution >= 4 is 30.1 Å². The molecule has 1 aliphatic rings. The smallest absolute Gasteiger partial charge is 0.409 e. The van der Waals surface area contributed by atoms with E-state index in [9.17, 15) is 22.8 Å². The average Bonchev–Trinajstić information content (AvgIpc) is 2.84.